The third-order valence-electron chi connectivity index (χ3n) is 3.41. The van der Waals surface area contributed by atoms with Crippen LogP contribution in [0.2, 0.25) is 0 Å². The Labute approximate surface area is 134 Å². The summed E-state index contributed by atoms with van der Waals surface area (Å²) in [5.74, 6) is 0.00394. The van der Waals surface area contributed by atoms with Gasteiger partial charge in [0.1, 0.15) is 4.32 Å². The summed E-state index contributed by atoms with van der Waals surface area (Å²) in [6.45, 7) is 5.89. The number of thioether (sulfide) groups is 1. The van der Waals surface area contributed by atoms with Gasteiger partial charge in [0.05, 0.1) is 13.1 Å². The fourth-order valence-corrected chi connectivity index (χ4v) is 2.75. The molecule has 0 atom stereocenters. The maximum Gasteiger partial charge on any atom is 0.247 e. The zero-order valence-electron chi connectivity index (χ0n) is 12.5. The highest BCUT2D eigenvalue weighted by molar-refractivity contribution is 8.23. The molecule has 0 bridgehead atoms. The normalized spacial score (nSPS) is 15.0. The number of amides is 3. The minimum Gasteiger partial charge on any atom is -0.347 e. The first-order valence-corrected chi connectivity index (χ1v) is 8.19. The Morgan fingerprint density at radius 2 is 1.95 bits per heavy atom. The van der Waals surface area contributed by atoms with E-state index in [0.717, 1.165) is 5.75 Å². The van der Waals surface area contributed by atoms with Crippen LogP contribution in [0.4, 0.5) is 0 Å². The van der Waals surface area contributed by atoms with Crippen LogP contribution in [0.25, 0.3) is 0 Å². The maximum absolute atomic E-state index is 11.8. The lowest BCUT2D eigenvalue weighted by atomic mass is 9.89. The average molecular weight is 331 g/mol. The minimum absolute atomic E-state index is 0.105. The molecule has 0 saturated carbocycles. The molecule has 0 aromatic heterocycles. The molecule has 1 fully saturated rings. The van der Waals surface area contributed by atoms with Gasteiger partial charge in [0, 0.05) is 17.7 Å². The SMILES string of the molecule is CCC(C)(C)C(=O)NCC(=O)NCC(=O)N1CCSC1=S. The zero-order valence-corrected chi connectivity index (χ0v) is 14.2. The summed E-state index contributed by atoms with van der Waals surface area (Å²) in [5.41, 5.74) is -0.505. The topological polar surface area (TPSA) is 78.5 Å². The zero-order chi connectivity index (χ0) is 16.0. The molecular weight excluding hydrogens is 310 g/mol. The molecule has 1 rings (SSSR count). The Hall–Kier alpha value is -1.15. The van der Waals surface area contributed by atoms with Gasteiger partial charge in [0.2, 0.25) is 17.7 Å². The van der Waals surface area contributed by atoms with Crippen LogP contribution in [0, 0.1) is 5.41 Å². The highest BCUT2D eigenvalue weighted by Gasteiger charge is 2.26. The minimum atomic E-state index is -0.505. The third-order valence-corrected chi connectivity index (χ3v) is 4.83. The van der Waals surface area contributed by atoms with Gasteiger partial charge in [-0.3, -0.25) is 19.3 Å². The lowest BCUT2D eigenvalue weighted by Gasteiger charge is -2.21. The van der Waals surface area contributed by atoms with E-state index in [1.54, 1.807) is 0 Å². The van der Waals surface area contributed by atoms with Crippen molar-refractivity contribution in [3.05, 3.63) is 0 Å². The van der Waals surface area contributed by atoms with Crippen molar-refractivity contribution in [3.8, 4) is 0 Å². The second kappa shape index (κ2) is 7.74. The lowest BCUT2D eigenvalue weighted by molar-refractivity contribution is -0.132. The molecule has 0 spiro atoms. The van der Waals surface area contributed by atoms with E-state index >= 15 is 0 Å². The maximum atomic E-state index is 11.8. The van der Waals surface area contributed by atoms with Crippen molar-refractivity contribution in [2.75, 3.05) is 25.4 Å². The summed E-state index contributed by atoms with van der Waals surface area (Å²) in [4.78, 5) is 36.7. The Kier molecular flexibility index (Phi) is 6.60. The summed E-state index contributed by atoms with van der Waals surface area (Å²) >= 11 is 6.49. The van der Waals surface area contributed by atoms with Crippen molar-refractivity contribution in [1.82, 2.24) is 15.5 Å². The number of hydrogen-bond acceptors (Lipinski definition) is 5. The quantitative estimate of drug-likeness (QED) is 0.694. The number of nitrogens with zero attached hydrogens (tertiary/aromatic N) is 1. The van der Waals surface area contributed by atoms with Crippen molar-refractivity contribution >= 4 is 46.0 Å². The molecule has 1 heterocycles. The first-order chi connectivity index (χ1) is 9.77. The van der Waals surface area contributed by atoms with Crippen LogP contribution in [0.5, 0.6) is 0 Å². The summed E-state index contributed by atoms with van der Waals surface area (Å²) in [6.07, 6.45) is 0.684. The van der Waals surface area contributed by atoms with Gasteiger partial charge < -0.3 is 10.6 Å². The van der Waals surface area contributed by atoms with Crippen LogP contribution in [0.3, 0.4) is 0 Å². The Balaban J connectivity index is 2.30. The number of carbonyl (C=O) groups excluding carboxylic acids is 3. The van der Waals surface area contributed by atoms with Gasteiger partial charge in [-0.2, -0.15) is 0 Å². The summed E-state index contributed by atoms with van der Waals surface area (Å²) in [6, 6.07) is 0. The van der Waals surface area contributed by atoms with Gasteiger partial charge in [-0.25, -0.2) is 0 Å². The van der Waals surface area contributed by atoms with E-state index in [9.17, 15) is 14.4 Å². The highest BCUT2D eigenvalue weighted by atomic mass is 32.2. The second-order valence-corrected chi connectivity index (χ2v) is 7.09. The largest absolute Gasteiger partial charge is 0.347 e. The summed E-state index contributed by atoms with van der Waals surface area (Å²) < 4.78 is 0.548. The van der Waals surface area contributed by atoms with E-state index < -0.39 is 5.41 Å². The van der Waals surface area contributed by atoms with Crippen molar-refractivity contribution < 1.29 is 14.4 Å². The van der Waals surface area contributed by atoms with Crippen LogP contribution in [-0.4, -0.2) is 52.3 Å². The van der Waals surface area contributed by atoms with Crippen LogP contribution < -0.4 is 10.6 Å². The first-order valence-electron chi connectivity index (χ1n) is 6.80. The molecule has 118 valence electrons. The number of nitrogens with one attached hydrogen (secondary N) is 2. The van der Waals surface area contributed by atoms with Crippen molar-refractivity contribution in [2.45, 2.75) is 27.2 Å². The number of rotatable bonds is 6. The van der Waals surface area contributed by atoms with Gasteiger partial charge in [-0.1, -0.05) is 44.8 Å². The lowest BCUT2D eigenvalue weighted by Crippen LogP contribution is -2.45. The molecule has 8 heteroatoms. The van der Waals surface area contributed by atoms with Crippen LogP contribution in [0.15, 0.2) is 0 Å². The highest BCUT2D eigenvalue weighted by Crippen LogP contribution is 2.19. The van der Waals surface area contributed by atoms with E-state index in [0.29, 0.717) is 17.3 Å². The molecule has 3 amide bonds. The monoisotopic (exact) mass is 331 g/mol. The molecule has 6 nitrogen and oxygen atoms in total. The van der Waals surface area contributed by atoms with Gasteiger partial charge >= 0.3 is 0 Å². The molecule has 0 aromatic rings. The first kappa shape index (κ1) is 17.9. The van der Waals surface area contributed by atoms with Gasteiger partial charge in [0.15, 0.2) is 0 Å². The summed E-state index contributed by atoms with van der Waals surface area (Å²) in [7, 11) is 0. The molecule has 1 aliphatic heterocycles. The average Bonchev–Trinajstić information content (AvgIpc) is 2.88. The molecule has 2 N–H and O–H groups in total. The fourth-order valence-electron chi connectivity index (χ4n) is 1.51. The fraction of sp³-hybridized carbons (Fsp3) is 0.692. The number of carbonyl (C=O) groups is 3. The smallest absolute Gasteiger partial charge is 0.247 e. The molecule has 0 aromatic carbocycles. The van der Waals surface area contributed by atoms with E-state index in [2.05, 4.69) is 10.6 Å². The predicted octanol–water partition coefficient (Wildman–Crippen LogP) is 0.515. The van der Waals surface area contributed by atoms with Crippen molar-refractivity contribution in [3.63, 3.8) is 0 Å². The van der Waals surface area contributed by atoms with Crippen molar-refractivity contribution in [1.29, 1.82) is 0 Å². The predicted molar refractivity (Wildman–Crippen MR) is 86.9 cm³/mol. The standard InChI is InChI=1S/C13H21N3O3S2/c1-4-13(2,3)11(19)15-7-9(17)14-8-10(18)16-5-6-21-12(16)20/h4-8H2,1-3H3,(H,14,17)(H,15,19). The molecule has 0 unspecified atom stereocenters. The second-order valence-electron chi connectivity index (χ2n) is 5.36. The van der Waals surface area contributed by atoms with Crippen LogP contribution in [0.1, 0.15) is 27.2 Å². The van der Waals surface area contributed by atoms with Gasteiger partial charge in [0.25, 0.3) is 0 Å². The van der Waals surface area contributed by atoms with Crippen LogP contribution >= 0.6 is 24.0 Å². The molecule has 0 radical (unpaired) electrons. The third kappa shape index (κ3) is 5.28. The Morgan fingerprint density at radius 1 is 1.29 bits per heavy atom. The number of thiocarbonyl (C=S) groups is 1. The molecule has 1 aliphatic rings. The van der Waals surface area contributed by atoms with Crippen LogP contribution in [-0.2, 0) is 14.4 Å². The summed E-state index contributed by atoms with van der Waals surface area (Å²) in [5, 5.41) is 5.06. The molecule has 0 aliphatic carbocycles. The van der Waals surface area contributed by atoms with Gasteiger partial charge in [-0.05, 0) is 6.42 Å². The van der Waals surface area contributed by atoms with E-state index in [-0.39, 0.29) is 30.8 Å². The van der Waals surface area contributed by atoms with E-state index in [1.165, 1.54) is 16.7 Å². The molecule has 1 saturated heterocycles. The molecular formula is C13H21N3O3S2. The Morgan fingerprint density at radius 3 is 2.48 bits per heavy atom. The molecule has 21 heavy (non-hydrogen) atoms. The Bertz CT molecular complexity index is 452. The van der Waals surface area contributed by atoms with E-state index in [4.69, 9.17) is 12.2 Å². The number of hydrogen-bond donors (Lipinski definition) is 2. The van der Waals surface area contributed by atoms with E-state index in [1.807, 2.05) is 20.8 Å². The van der Waals surface area contributed by atoms with Crippen molar-refractivity contribution in [2.24, 2.45) is 5.41 Å². The van der Waals surface area contributed by atoms with Gasteiger partial charge in [-0.15, -0.1) is 0 Å².